The Morgan fingerprint density at radius 2 is 2.12 bits per heavy atom. The summed E-state index contributed by atoms with van der Waals surface area (Å²) < 4.78 is 11.2. The fourth-order valence-corrected chi connectivity index (χ4v) is 3.21. The lowest BCUT2D eigenvalue weighted by Crippen LogP contribution is -2.48. The molecular formula is C18H27ClIN3O2. The molecule has 1 heterocycles. The molecule has 5 nitrogen and oxygen atoms in total. The maximum atomic E-state index is 6.26. The minimum absolute atomic E-state index is 0. The van der Waals surface area contributed by atoms with Crippen molar-refractivity contribution in [2.75, 3.05) is 40.5 Å². The molecule has 1 aliphatic rings. The predicted octanol–water partition coefficient (Wildman–Crippen LogP) is 3.37. The van der Waals surface area contributed by atoms with Crippen LogP contribution in [0.5, 0.6) is 5.75 Å². The van der Waals surface area contributed by atoms with Crippen molar-refractivity contribution in [1.29, 1.82) is 0 Å². The number of aliphatic imine (C=N–C) groups is 1. The van der Waals surface area contributed by atoms with E-state index < -0.39 is 0 Å². The van der Waals surface area contributed by atoms with Gasteiger partial charge in [-0.3, -0.25) is 4.99 Å². The average molecular weight is 480 g/mol. The number of rotatable bonds is 6. The summed E-state index contributed by atoms with van der Waals surface area (Å²) in [4.78, 5) is 4.25. The fraction of sp³-hybridized carbons (Fsp3) is 0.500. The van der Waals surface area contributed by atoms with E-state index in [-0.39, 0.29) is 29.4 Å². The zero-order chi connectivity index (χ0) is 17.4. The zero-order valence-corrected chi connectivity index (χ0v) is 17.9. The lowest BCUT2D eigenvalue weighted by Gasteiger charge is -2.39. The van der Waals surface area contributed by atoms with Crippen molar-refractivity contribution in [3.63, 3.8) is 0 Å². The van der Waals surface area contributed by atoms with Gasteiger partial charge in [0.05, 0.1) is 7.11 Å². The van der Waals surface area contributed by atoms with Crippen molar-refractivity contribution in [3.8, 4) is 5.75 Å². The number of hydrogen-bond acceptors (Lipinski definition) is 3. The highest BCUT2D eigenvalue weighted by Crippen LogP contribution is 2.40. The largest absolute Gasteiger partial charge is 0.496 e. The molecule has 0 bridgehead atoms. The molecule has 1 aliphatic heterocycles. The summed E-state index contributed by atoms with van der Waals surface area (Å²) in [7, 11) is 3.45. The number of ether oxygens (including phenoxy) is 2. The van der Waals surface area contributed by atoms with Crippen molar-refractivity contribution in [2.45, 2.75) is 18.3 Å². The van der Waals surface area contributed by atoms with Gasteiger partial charge in [-0.15, -0.1) is 30.6 Å². The van der Waals surface area contributed by atoms with Crippen LogP contribution in [0, 0.1) is 0 Å². The molecule has 0 spiro atoms. The topological polar surface area (TPSA) is 54.9 Å². The minimum Gasteiger partial charge on any atom is -0.496 e. The maximum Gasteiger partial charge on any atom is 0.191 e. The van der Waals surface area contributed by atoms with Crippen LogP contribution in [-0.4, -0.2) is 46.4 Å². The highest BCUT2D eigenvalue weighted by molar-refractivity contribution is 14.0. The number of benzene rings is 1. The first-order valence-electron chi connectivity index (χ1n) is 8.12. The number of nitrogens with zero attached hydrogens (tertiary/aromatic N) is 1. The van der Waals surface area contributed by atoms with Gasteiger partial charge in [0.2, 0.25) is 0 Å². The number of guanidine groups is 1. The average Bonchev–Trinajstić information content (AvgIpc) is 2.62. The molecule has 7 heteroatoms. The fourth-order valence-electron chi connectivity index (χ4n) is 3.04. The van der Waals surface area contributed by atoms with E-state index in [0.29, 0.717) is 11.6 Å². The molecule has 1 aromatic rings. The van der Waals surface area contributed by atoms with E-state index in [9.17, 15) is 0 Å². The van der Waals surface area contributed by atoms with Crippen LogP contribution in [0.15, 0.2) is 35.8 Å². The second-order valence-corrected chi connectivity index (χ2v) is 6.27. The molecule has 0 aromatic heterocycles. The van der Waals surface area contributed by atoms with E-state index in [1.54, 1.807) is 20.2 Å². The molecule has 1 aromatic carbocycles. The van der Waals surface area contributed by atoms with Crippen LogP contribution in [0.2, 0.25) is 5.02 Å². The Balaban J connectivity index is 0.00000312. The molecule has 1 fully saturated rings. The van der Waals surface area contributed by atoms with Gasteiger partial charge in [-0.1, -0.05) is 17.7 Å². The molecular weight excluding hydrogens is 453 g/mol. The van der Waals surface area contributed by atoms with Crippen LogP contribution in [-0.2, 0) is 10.2 Å². The van der Waals surface area contributed by atoms with Gasteiger partial charge in [-0.25, -0.2) is 0 Å². The van der Waals surface area contributed by atoms with Crippen LogP contribution in [0.4, 0.5) is 0 Å². The van der Waals surface area contributed by atoms with E-state index in [4.69, 9.17) is 21.1 Å². The molecule has 0 unspecified atom stereocenters. The standard InChI is InChI=1S/C18H26ClN3O2.HI/c1-4-9-21-17(20-2)22-13-18(7-10-24-11-8-18)15-12-14(19)5-6-16(15)23-3;/h4-6,12H,1,7-11,13H2,2-3H3,(H2,20,21,22);1H. The second kappa shape index (κ2) is 10.9. The van der Waals surface area contributed by atoms with Gasteiger partial charge in [-0.05, 0) is 31.0 Å². The molecule has 140 valence electrons. The van der Waals surface area contributed by atoms with Crippen molar-refractivity contribution >= 4 is 41.5 Å². The van der Waals surface area contributed by atoms with Crippen molar-refractivity contribution in [2.24, 2.45) is 4.99 Å². The Labute approximate surface area is 172 Å². The Morgan fingerprint density at radius 3 is 2.72 bits per heavy atom. The van der Waals surface area contributed by atoms with Crippen LogP contribution >= 0.6 is 35.6 Å². The SMILES string of the molecule is C=CCNC(=NC)NCC1(c2cc(Cl)ccc2OC)CCOCC1.I. The molecule has 0 radical (unpaired) electrons. The summed E-state index contributed by atoms with van der Waals surface area (Å²) in [6.45, 7) is 6.54. The highest BCUT2D eigenvalue weighted by atomic mass is 127. The first-order chi connectivity index (χ1) is 11.6. The Bertz CT molecular complexity index is 590. The van der Waals surface area contributed by atoms with Crippen molar-refractivity contribution in [1.82, 2.24) is 10.6 Å². The van der Waals surface area contributed by atoms with E-state index in [1.807, 2.05) is 18.2 Å². The van der Waals surface area contributed by atoms with Crippen molar-refractivity contribution in [3.05, 3.63) is 41.4 Å². The first kappa shape index (κ1) is 22.1. The van der Waals surface area contributed by atoms with Crippen LogP contribution in [0.3, 0.4) is 0 Å². The summed E-state index contributed by atoms with van der Waals surface area (Å²) in [5, 5.41) is 7.33. The third kappa shape index (κ3) is 5.76. The maximum absolute atomic E-state index is 6.26. The number of halogens is 2. The summed E-state index contributed by atoms with van der Waals surface area (Å²) in [6.07, 6.45) is 3.60. The minimum atomic E-state index is -0.111. The molecule has 0 aliphatic carbocycles. The van der Waals surface area contributed by atoms with Gasteiger partial charge in [0.15, 0.2) is 5.96 Å². The second-order valence-electron chi connectivity index (χ2n) is 5.83. The summed E-state index contributed by atoms with van der Waals surface area (Å²) in [5.74, 6) is 1.61. The van der Waals surface area contributed by atoms with Gasteiger partial charge < -0.3 is 20.1 Å². The summed E-state index contributed by atoms with van der Waals surface area (Å²) >= 11 is 6.26. The van der Waals surface area contributed by atoms with Gasteiger partial charge in [0.1, 0.15) is 5.75 Å². The number of hydrogen-bond donors (Lipinski definition) is 2. The quantitative estimate of drug-likeness (QED) is 0.284. The molecule has 0 amide bonds. The predicted molar refractivity (Wildman–Crippen MR) is 115 cm³/mol. The third-order valence-electron chi connectivity index (χ3n) is 4.41. The smallest absolute Gasteiger partial charge is 0.191 e. The van der Waals surface area contributed by atoms with Crippen LogP contribution in [0.25, 0.3) is 0 Å². The summed E-state index contributed by atoms with van der Waals surface area (Å²) in [5.41, 5.74) is 1.01. The van der Waals surface area contributed by atoms with Crippen molar-refractivity contribution < 1.29 is 9.47 Å². The Morgan fingerprint density at radius 1 is 1.40 bits per heavy atom. The lowest BCUT2D eigenvalue weighted by molar-refractivity contribution is 0.0505. The van der Waals surface area contributed by atoms with E-state index in [1.165, 1.54) is 0 Å². The van der Waals surface area contributed by atoms with Crippen LogP contribution in [0.1, 0.15) is 18.4 Å². The summed E-state index contributed by atoms with van der Waals surface area (Å²) in [6, 6.07) is 5.79. The normalized spacial score (nSPS) is 16.5. The van der Waals surface area contributed by atoms with Gasteiger partial charge >= 0.3 is 0 Å². The van der Waals surface area contributed by atoms with E-state index in [0.717, 1.165) is 49.9 Å². The molecule has 0 saturated carbocycles. The number of nitrogens with one attached hydrogen (secondary N) is 2. The first-order valence-corrected chi connectivity index (χ1v) is 8.50. The molecule has 0 atom stereocenters. The Kier molecular flexibility index (Phi) is 9.60. The van der Waals surface area contributed by atoms with Gasteiger partial charge in [-0.2, -0.15) is 0 Å². The lowest BCUT2D eigenvalue weighted by atomic mass is 9.73. The number of methoxy groups -OCH3 is 1. The highest BCUT2D eigenvalue weighted by Gasteiger charge is 2.37. The third-order valence-corrected chi connectivity index (χ3v) is 4.65. The molecule has 25 heavy (non-hydrogen) atoms. The van der Waals surface area contributed by atoms with Crippen LogP contribution < -0.4 is 15.4 Å². The molecule has 2 N–H and O–H groups in total. The van der Waals surface area contributed by atoms with Gasteiger partial charge in [0.25, 0.3) is 0 Å². The molecule has 1 saturated heterocycles. The van der Waals surface area contributed by atoms with Gasteiger partial charge in [0, 0.05) is 49.4 Å². The van der Waals surface area contributed by atoms with E-state index >= 15 is 0 Å². The zero-order valence-electron chi connectivity index (χ0n) is 14.8. The monoisotopic (exact) mass is 479 g/mol. The Hall–Kier alpha value is -0.990. The molecule has 2 rings (SSSR count). The van der Waals surface area contributed by atoms with E-state index in [2.05, 4.69) is 22.2 Å².